The number of amides is 1. The molecule has 1 aromatic carbocycles. The molecule has 1 heterocycles. The minimum Gasteiger partial charge on any atom is -0.494 e. The first-order valence-corrected chi connectivity index (χ1v) is 8.04. The largest absolute Gasteiger partial charge is 0.494 e. The highest BCUT2D eigenvalue weighted by Crippen LogP contribution is 2.20. The SMILES string of the molecule is CCCCOc1ccc(C(=O)Nc2ncc(C(=O)OC)s2)cc1. The van der Waals surface area contributed by atoms with E-state index in [0.717, 1.165) is 29.9 Å². The van der Waals surface area contributed by atoms with Crippen molar-refractivity contribution in [3.63, 3.8) is 0 Å². The maximum atomic E-state index is 12.1. The van der Waals surface area contributed by atoms with Gasteiger partial charge >= 0.3 is 5.97 Å². The second kappa shape index (κ2) is 8.28. The second-order valence-electron chi connectivity index (χ2n) is 4.70. The number of carbonyl (C=O) groups excluding carboxylic acids is 2. The summed E-state index contributed by atoms with van der Waals surface area (Å²) >= 11 is 1.06. The lowest BCUT2D eigenvalue weighted by atomic mass is 10.2. The Balaban J connectivity index is 1.95. The second-order valence-corrected chi connectivity index (χ2v) is 5.73. The van der Waals surface area contributed by atoms with Crippen LogP contribution in [0.1, 0.15) is 39.8 Å². The van der Waals surface area contributed by atoms with Gasteiger partial charge in [0.1, 0.15) is 10.6 Å². The molecule has 0 aliphatic rings. The van der Waals surface area contributed by atoms with Crippen LogP contribution in [0.15, 0.2) is 30.5 Å². The average Bonchev–Trinajstić information content (AvgIpc) is 3.03. The number of esters is 1. The molecular weight excluding hydrogens is 316 g/mol. The standard InChI is InChI=1S/C16H18N2O4S/c1-3-4-9-22-12-7-5-11(6-8-12)14(19)18-16-17-10-13(23-16)15(20)21-2/h5-8,10H,3-4,9H2,1-2H3,(H,17,18,19). The molecule has 0 saturated carbocycles. The Bertz CT molecular complexity index is 667. The Hall–Kier alpha value is -2.41. The number of unbranched alkanes of at least 4 members (excludes halogenated alkanes) is 1. The molecular formula is C16H18N2O4S. The van der Waals surface area contributed by atoms with E-state index in [1.807, 2.05) is 0 Å². The van der Waals surface area contributed by atoms with Gasteiger partial charge in [-0.1, -0.05) is 24.7 Å². The Morgan fingerprint density at radius 3 is 2.65 bits per heavy atom. The molecule has 0 fully saturated rings. The van der Waals surface area contributed by atoms with Gasteiger partial charge < -0.3 is 9.47 Å². The Kier molecular flexibility index (Phi) is 6.10. The van der Waals surface area contributed by atoms with E-state index in [1.165, 1.54) is 13.3 Å². The van der Waals surface area contributed by atoms with Gasteiger partial charge in [0.05, 0.1) is 19.9 Å². The summed E-state index contributed by atoms with van der Waals surface area (Å²) < 4.78 is 10.1. The molecule has 6 nitrogen and oxygen atoms in total. The average molecular weight is 334 g/mol. The first-order valence-electron chi connectivity index (χ1n) is 7.22. The highest BCUT2D eigenvalue weighted by molar-refractivity contribution is 7.17. The molecule has 0 atom stereocenters. The van der Waals surface area contributed by atoms with E-state index < -0.39 is 5.97 Å². The Morgan fingerprint density at radius 2 is 2.00 bits per heavy atom. The molecule has 122 valence electrons. The summed E-state index contributed by atoms with van der Waals surface area (Å²) in [6.07, 6.45) is 3.44. The molecule has 7 heteroatoms. The summed E-state index contributed by atoms with van der Waals surface area (Å²) in [6, 6.07) is 6.88. The van der Waals surface area contributed by atoms with Gasteiger partial charge in [0.25, 0.3) is 5.91 Å². The van der Waals surface area contributed by atoms with Crippen LogP contribution in [0.2, 0.25) is 0 Å². The van der Waals surface area contributed by atoms with Crippen LogP contribution in [-0.2, 0) is 4.74 Å². The maximum Gasteiger partial charge on any atom is 0.349 e. The van der Waals surface area contributed by atoms with Crippen molar-refractivity contribution in [2.45, 2.75) is 19.8 Å². The van der Waals surface area contributed by atoms with Crippen molar-refractivity contribution >= 4 is 28.3 Å². The number of hydrogen-bond donors (Lipinski definition) is 1. The maximum absolute atomic E-state index is 12.1. The predicted octanol–water partition coefficient (Wildman–Crippen LogP) is 3.36. The highest BCUT2D eigenvalue weighted by atomic mass is 32.1. The third kappa shape index (κ3) is 4.79. The monoisotopic (exact) mass is 334 g/mol. The number of carbonyl (C=O) groups is 2. The fourth-order valence-corrected chi connectivity index (χ4v) is 2.46. The Labute approximate surface area is 138 Å². The minimum atomic E-state index is -0.475. The van der Waals surface area contributed by atoms with E-state index in [4.69, 9.17) is 4.74 Å². The molecule has 1 N–H and O–H groups in total. The van der Waals surface area contributed by atoms with Crippen LogP contribution in [0.25, 0.3) is 0 Å². The van der Waals surface area contributed by atoms with Crippen molar-refractivity contribution in [3.8, 4) is 5.75 Å². The van der Waals surface area contributed by atoms with Crippen molar-refractivity contribution in [2.75, 3.05) is 19.0 Å². The summed E-state index contributed by atoms with van der Waals surface area (Å²) in [6.45, 7) is 2.76. The fraction of sp³-hybridized carbons (Fsp3) is 0.312. The van der Waals surface area contributed by atoms with Crippen LogP contribution in [0.5, 0.6) is 5.75 Å². The van der Waals surface area contributed by atoms with Gasteiger partial charge in [-0.05, 0) is 30.7 Å². The summed E-state index contributed by atoms with van der Waals surface area (Å²) in [5.41, 5.74) is 0.489. The smallest absolute Gasteiger partial charge is 0.349 e. The molecule has 0 spiro atoms. The zero-order valence-corrected chi connectivity index (χ0v) is 13.8. The van der Waals surface area contributed by atoms with Crippen molar-refractivity contribution in [2.24, 2.45) is 0 Å². The first-order chi connectivity index (χ1) is 11.1. The number of rotatable bonds is 7. The zero-order chi connectivity index (χ0) is 16.7. The van der Waals surface area contributed by atoms with E-state index in [-0.39, 0.29) is 5.91 Å². The topological polar surface area (TPSA) is 77.5 Å². The normalized spacial score (nSPS) is 10.2. The molecule has 0 unspecified atom stereocenters. The van der Waals surface area contributed by atoms with E-state index in [1.54, 1.807) is 24.3 Å². The predicted molar refractivity (Wildman–Crippen MR) is 88.3 cm³/mol. The summed E-state index contributed by atoms with van der Waals surface area (Å²) in [5, 5.41) is 3.00. The third-order valence-electron chi connectivity index (χ3n) is 3.00. The molecule has 2 rings (SSSR count). The number of aromatic nitrogens is 1. The molecule has 1 amide bonds. The minimum absolute atomic E-state index is 0.295. The van der Waals surface area contributed by atoms with Gasteiger partial charge in [-0.15, -0.1) is 0 Å². The number of thiazole rings is 1. The molecule has 1 aromatic heterocycles. The molecule has 0 aliphatic carbocycles. The number of anilines is 1. The van der Waals surface area contributed by atoms with Gasteiger partial charge in [-0.3, -0.25) is 10.1 Å². The van der Waals surface area contributed by atoms with Gasteiger partial charge in [0.2, 0.25) is 0 Å². The van der Waals surface area contributed by atoms with E-state index in [2.05, 4.69) is 22.0 Å². The van der Waals surface area contributed by atoms with Gasteiger partial charge in [-0.2, -0.15) is 0 Å². The van der Waals surface area contributed by atoms with Crippen LogP contribution < -0.4 is 10.1 Å². The lowest BCUT2D eigenvalue weighted by molar-refractivity contribution is 0.0606. The molecule has 0 bridgehead atoms. The lowest BCUT2D eigenvalue weighted by Crippen LogP contribution is -2.11. The first kappa shape index (κ1) is 17.0. The molecule has 23 heavy (non-hydrogen) atoms. The lowest BCUT2D eigenvalue weighted by Gasteiger charge is -2.06. The highest BCUT2D eigenvalue weighted by Gasteiger charge is 2.13. The number of benzene rings is 1. The number of nitrogens with one attached hydrogen (secondary N) is 1. The Morgan fingerprint density at radius 1 is 1.26 bits per heavy atom. The van der Waals surface area contributed by atoms with Crippen LogP contribution in [0.3, 0.4) is 0 Å². The van der Waals surface area contributed by atoms with E-state index in [0.29, 0.717) is 22.2 Å². The molecule has 0 radical (unpaired) electrons. The van der Waals surface area contributed by atoms with E-state index in [9.17, 15) is 9.59 Å². The van der Waals surface area contributed by atoms with Gasteiger partial charge in [-0.25, -0.2) is 9.78 Å². The van der Waals surface area contributed by atoms with Crippen LogP contribution in [0.4, 0.5) is 5.13 Å². The third-order valence-corrected chi connectivity index (χ3v) is 3.89. The number of nitrogens with zero attached hydrogens (tertiary/aromatic N) is 1. The van der Waals surface area contributed by atoms with Crippen molar-refractivity contribution in [1.29, 1.82) is 0 Å². The van der Waals surface area contributed by atoms with Crippen molar-refractivity contribution < 1.29 is 19.1 Å². The quantitative estimate of drug-likeness (QED) is 0.620. The number of ether oxygens (including phenoxy) is 2. The molecule has 0 aliphatic heterocycles. The van der Waals surface area contributed by atoms with Crippen molar-refractivity contribution in [1.82, 2.24) is 4.98 Å². The zero-order valence-electron chi connectivity index (χ0n) is 13.0. The fourth-order valence-electron chi connectivity index (χ4n) is 1.73. The van der Waals surface area contributed by atoms with E-state index >= 15 is 0 Å². The summed E-state index contributed by atoms with van der Waals surface area (Å²) in [4.78, 5) is 27.8. The van der Waals surface area contributed by atoms with Crippen LogP contribution >= 0.6 is 11.3 Å². The van der Waals surface area contributed by atoms with Gasteiger partial charge in [0.15, 0.2) is 5.13 Å². The van der Waals surface area contributed by atoms with Crippen molar-refractivity contribution in [3.05, 3.63) is 40.9 Å². The molecule has 2 aromatic rings. The van der Waals surface area contributed by atoms with Crippen LogP contribution in [0, 0.1) is 0 Å². The number of hydrogen-bond acceptors (Lipinski definition) is 6. The summed E-state index contributed by atoms with van der Waals surface area (Å²) in [5.74, 6) is -0.0373. The summed E-state index contributed by atoms with van der Waals surface area (Å²) in [7, 11) is 1.30. The van der Waals surface area contributed by atoms with Crippen LogP contribution in [-0.4, -0.2) is 30.6 Å². The number of methoxy groups -OCH3 is 1. The van der Waals surface area contributed by atoms with Gasteiger partial charge in [0, 0.05) is 5.56 Å². The molecule has 0 saturated heterocycles.